The van der Waals surface area contributed by atoms with Gasteiger partial charge in [-0.05, 0) is 31.1 Å². The summed E-state index contributed by atoms with van der Waals surface area (Å²) in [6.45, 7) is 5.82. The van der Waals surface area contributed by atoms with Crippen LogP contribution in [0.5, 0.6) is 0 Å². The number of nitrogens with one attached hydrogen (secondary N) is 1. The Balaban J connectivity index is 0.00000121. The Morgan fingerprint density at radius 2 is 2.25 bits per heavy atom. The zero-order valence-corrected chi connectivity index (χ0v) is 9.64. The molecule has 1 fully saturated rings. The van der Waals surface area contributed by atoms with Crippen LogP contribution in [0.3, 0.4) is 0 Å². The highest BCUT2D eigenvalue weighted by atomic mass is 35.5. The van der Waals surface area contributed by atoms with Crippen molar-refractivity contribution in [2.75, 3.05) is 18.1 Å². The minimum atomic E-state index is 0. The van der Waals surface area contributed by atoms with E-state index in [4.69, 9.17) is 0 Å². The van der Waals surface area contributed by atoms with E-state index in [0.717, 1.165) is 12.0 Å². The lowest BCUT2D eigenvalue weighted by Gasteiger charge is -2.10. The molecule has 1 saturated heterocycles. The topological polar surface area (TPSA) is 12.0 Å². The molecule has 0 saturated carbocycles. The highest BCUT2D eigenvalue weighted by Crippen LogP contribution is 2.14. The second-order valence-electron chi connectivity index (χ2n) is 3.72. The van der Waals surface area contributed by atoms with Crippen LogP contribution >= 0.6 is 24.2 Å². The van der Waals surface area contributed by atoms with Gasteiger partial charge in [-0.25, -0.2) is 0 Å². The predicted molar refractivity (Wildman–Crippen MR) is 60.4 cm³/mol. The summed E-state index contributed by atoms with van der Waals surface area (Å²) in [5.74, 6) is 3.48. The van der Waals surface area contributed by atoms with Gasteiger partial charge in [0.25, 0.3) is 0 Å². The normalized spacial score (nSPS) is 22.8. The van der Waals surface area contributed by atoms with Gasteiger partial charge in [0, 0.05) is 11.8 Å². The molecule has 1 unspecified atom stereocenters. The van der Waals surface area contributed by atoms with Crippen molar-refractivity contribution in [3.8, 4) is 0 Å². The summed E-state index contributed by atoms with van der Waals surface area (Å²) >= 11 is 2.10. The van der Waals surface area contributed by atoms with Crippen LogP contribution in [0.4, 0.5) is 0 Å². The zero-order valence-electron chi connectivity index (χ0n) is 8.01. The number of hydrogen-bond acceptors (Lipinski definition) is 2. The van der Waals surface area contributed by atoms with Crippen LogP contribution in [-0.4, -0.2) is 24.1 Å². The molecule has 0 bridgehead atoms. The predicted octanol–water partition coefficient (Wildman–Crippen LogP) is 2.55. The summed E-state index contributed by atoms with van der Waals surface area (Å²) in [4.78, 5) is 0. The minimum Gasteiger partial charge on any atom is -0.313 e. The van der Waals surface area contributed by atoms with Gasteiger partial charge in [0.15, 0.2) is 0 Å². The van der Waals surface area contributed by atoms with Crippen LogP contribution < -0.4 is 5.32 Å². The first-order chi connectivity index (χ1) is 5.29. The molecule has 1 aliphatic rings. The summed E-state index contributed by atoms with van der Waals surface area (Å²) in [5.41, 5.74) is 0. The lowest BCUT2D eigenvalue weighted by atomic mass is 10.3. The molecule has 0 aromatic rings. The molecule has 1 N–H and O–H groups in total. The number of halogens is 1. The number of thioether (sulfide) groups is 1. The maximum absolute atomic E-state index is 3.51. The molecule has 0 aromatic carbocycles. The molecular formula is C9H20ClNS. The molecule has 0 aliphatic carbocycles. The van der Waals surface area contributed by atoms with Crippen molar-refractivity contribution in [2.45, 2.75) is 32.7 Å². The zero-order chi connectivity index (χ0) is 8.10. The average Bonchev–Trinajstić information content (AvgIpc) is 2.39. The van der Waals surface area contributed by atoms with Crippen molar-refractivity contribution in [2.24, 2.45) is 5.92 Å². The van der Waals surface area contributed by atoms with Gasteiger partial charge in [-0.15, -0.1) is 12.4 Å². The third kappa shape index (κ3) is 5.28. The van der Waals surface area contributed by atoms with Crippen molar-refractivity contribution in [3.05, 3.63) is 0 Å². The maximum atomic E-state index is 3.51. The Bertz CT molecular complexity index is 103. The highest BCUT2D eigenvalue weighted by molar-refractivity contribution is 7.99. The van der Waals surface area contributed by atoms with E-state index < -0.39 is 0 Å². The van der Waals surface area contributed by atoms with Gasteiger partial charge in [0.05, 0.1) is 0 Å². The van der Waals surface area contributed by atoms with E-state index in [1.807, 2.05) is 0 Å². The van der Waals surface area contributed by atoms with Crippen LogP contribution in [0.25, 0.3) is 0 Å². The standard InChI is InChI=1S/C9H19NS.ClH/c1-8(2)6-11-7-9-4-3-5-10-9;/h8-10H,3-7H2,1-2H3;1H. The first kappa shape index (κ1) is 12.6. The Hall–Kier alpha value is 0.600. The molecule has 1 nitrogen and oxygen atoms in total. The Morgan fingerprint density at radius 1 is 1.50 bits per heavy atom. The monoisotopic (exact) mass is 209 g/mol. The van der Waals surface area contributed by atoms with Crippen molar-refractivity contribution in [1.82, 2.24) is 5.32 Å². The molecule has 74 valence electrons. The SMILES string of the molecule is CC(C)CSCC1CCCN1.Cl. The summed E-state index contributed by atoms with van der Waals surface area (Å²) < 4.78 is 0. The molecule has 12 heavy (non-hydrogen) atoms. The third-order valence-corrected chi connectivity index (χ3v) is 3.47. The van der Waals surface area contributed by atoms with Crippen LogP contribution in [-0.2, 0) is 0 Å². The Labute approximate surface area is 86.5 Å². The van der Waals surface area contributed by atoms with Gasteiger partial charge in [0.2, 0.25) is 0 Å². The van der Waals surface area contributed by atoms with E-state index in [2.05, 4.69) is 30.9 Å². The van der Waals surface area contributed by atoms with Gasteiger partial charge in [-0.3, -0.25) is 0 Å². The number of hydrogen-bond donors (Lipinski definition) is 1. The van der Waals surface area contributed by atoms with Gasteiger partial charge in [0.1, 0.15) is 0 Å². The highest BCUT2D eigenvalue weighted by Gasteiger charge is 2.13. The van der Waals surface area contributed by atoms with Gasteiger partial charge < -0.3 is 5.32 Å². The van der Waals surface area contributed by atoms with E-state index in [0.29, 0.717) is 0 Å². The fourth-order valence-corrected chi connectivity index (χ4v) is 2.52. The molecule has 0 radical (unpaired) electrons. The van der Waals surface area contributed by atoms with Crippen molar-refractivity contribution >= 4 is 24.2 Å². The molecule has 0 aromatic heterocycles. The third-order valence-electron chi connectivity index (χ3n) is 1.93. The van der Waals surface area contributed by atoms with E-state index in [1.165, 1.54) is 30.9 Å². The number of rotatable bonds is 4. The summed E-state index contributed by atoms with van der Waals surface area (Å²) in [6.07, 6.45) is 2.78. The molecule has 1 atom stereocenters. The molecule has 0 spiro atoms. The molecular weight excluding hydrogens is 190 g/mol. The van der Waals surface area contributed by atoms with E-state index in [1.54, 1.807) is 0 Å². The van der Waals surface area contributed by atoms with Crippen LogP contribution in [0.2, 0.25) is 0 Å². The molecule has 1 rings (SSSR count). The summed E-state index contributed by atoms with van der Waals surface area (Å²) in [6, 6.07) is 0.818. The summed E-state index contributed by atoms with van der Waals surface area (Å²) in [5, 5.41) is 3.51. The molecule has 3 heteroatoms. The van der Waals surface area contributed by atoms with E-state index in [9.17, 15) is 0 Å². The fourth-order valence-electron chi connectivity index (χ4n) is 1.34. The van der Waals surface area contributed by atoms with E-state index in [-0.39, 0.29) is 12.4 Å². The second kappa shape index (κ2) is 7.05. The van der Waals surface area contributed by atoms with Crippen LogP contribution in [0.1, 0.15) is 26.7 Å². The average molecular weight is 210 g/mol. The minimum absolute atomic E-state index is 0. The Morgan fingerprint density at radius 3 is 2.75 bits per heavy atom. The smallest absolute Gasteiger partial charge is 0.0158 e. The van der Waals surface area contributed by atoms with Gasteiger partial charge >= 0.3 is 0 Å². The molecule has 1 aliphatic heterocycles. The van der Waals surface area contributed by atoms with Crippen molar-refractivity contribution < 1.29 is 0 Å². The van der Waals surface area contributed by atoms with Crippen LogP contribution in [0, 0.1) is 5.92 Å². The summed E-state index contributed by atoms with van der Waals surface area (Å²) in [7, 11) is 0. The Kier molecular flexibility index (Phi) is 7.40. The lowest BCUT2D eigenvalue weighted by Crippen LogP contribution is -2.23. The lowest BCUT2D eigenvalue weighted by molar-refractivity contribution is 0.671. The van der Waals surface area contributed by atoms with Crippen molar-refractivity contribution in [3.63, 3.8) is 0 Å². The first-order valence-electron chi connectivity index (χ1n) is 4.60. The second-order valence-corrected chi connectivity index (χ2v) is 4.80. The van der Waals surface area contributed by atoms with Gasteiger partial charge in [-0.2, -0.15) is 11.8 Å². The van der Waals surface area contributed by atoms with Crippen LogP contribution in [0.15, 0.2) is 0 Å². The van der Waals surface area contributed by atoms with Gasteiger partial charge in [-0.1, -0.05) is 13.8 Å². The molecule has 0 amide bonds. The van der Waals surface area contributed by atoms with E-state index >= 15 is 0 Å². The first-order valence-corrected chi connectivity index (χ1v) is 5.75. The molecule has 1 heterocycles. The van der Waals surface area contributed by atoms with Crippen molar-refractivity contribution in [1.29, 1.82) is 0 Å². The fraction of sp³-hybridized carbons (Fsp3) is 1.00. The maximum Gasteiger partial charge on any atom is 0.0158 e. The largest absolute Gasteiger partial charge is 0.313 e. The quantitative estimate of drug-likeness (QED) is 0.764.